The standard InChI is InChI=1S/C12H17N5/c1-10(2)16-3-5-17(6-4-16)12-9-14-11(7-13)8-15-12/h8-10H,3-6H2,1-2H3. The van der Waals surface area contributed by atoms with Crippen LogP contribution in [0.1, 0.15) is 19.5 Å². The molecule has 2 heterocycles. The fourth-order valence-corrected chi connectivity index (χ4v) is 2.01. The highest BCUT2D eigenvalue weighted by Gasteiger charge is 2.19. The SMILES string of the molecule is CC(C)N1CCN(c2cnc(C#N)cn2)CC1. The lowest BCUT2D eigenvalue weighted by Crippen LogP contribution is -2.49. The number of nitrogens with zero attached hydrogens (tertiary/aromatic N) is 5. The van der Waals surface area contributed by atoms with E-state index in [0.717, 1.165) is 32.0 Å². The summed E-state index contributed by atoms with van der Waals surface area (Å²) in [5.74, 6) is 0.868. The molecular weight excluding hydrogens is 214 g/mol. The maximum atomic E-state index is 8.66. The second-order valence-electron chi connectivity index (χ2n) is 4.49. The molecule has 5 heteroatoms. The normalized spacial score (nSPS) is 17.2. The summed E-state index contributed by atoms with van der Waals surface area (Å²) in [5, 5.41) is 8.66. The quantitative estimate of drug-likeness (QED) is 0.756. The second kappa shape index (κ2) is 5.11. The number of rotatable bonds is 2. The molecule has 1 fully saturated rings. The predicted octanol–water partition coefficient (Wildman–Crippen LogP) is 0.879. The summed E-state index contributed by atoms with van der Waals surface area (Å²) in [6, 6.07) is 2.58. The van der Waals surface area contributed by atoms with E-state index in [1.54, 1.807) is 6.20 Å². The zero-order valence-electron chi connectivity index (χ0n) is 10.3. The van der Waals surface area contributed by atoms with Crippen LogP contribution >= 0.6 is 0 Å². The number of nitriles is 1. The summed E-state index contributed by atoms with van der Waals surface area (Å²) in [7, 11) is 0. The van der Waals surface area contributed by atoms with Crippen molar-refractivity contribution in [1.82, 2.24) is 14.9 Å². The van der Waals surface area contributed by atoms with E-state index in [-0.39, 0.29) is 0 Å². The Kier molecular flexibility index (Phi) is 3.55. The molecule has 1 aliphatic rings. The molecule has 0 amide bonds. The van der Waals surface area contributed by atoms with Gasteiger partial charge in [-0.1, -0.05) is 0 Å². The van der Waals surface area contributed by atoms with Crippen LogP contribution in [0, 0.1) is 11.3 Å². The van der Waals surface area contributed by atoms with Crippen LogP contribution in [0.3, 0.4) is 0 Å². The second-order valence-corrected chi connectivity index (χ2v) is 4.49. The molecule has 5 nitrogen and oxygen atoms in total. The van der Waals surface area contributed by atoms with E-state index >= 15 is 0 Å². The smallest absolute Gasteiger partial charge is 0.158 e. The highest BCUT2D eigenvalue weighted by Crippen LogP contribution is 2.13. The average Bonchev–Trinajstić information content (AvgIpc) is 2.39. The summed E-state index contributed by atoms with van der Waals surface area (Å²) in [5.41, 5.74) is 0.370. The van der Waals surface area contributed by atoms with Gasteiger partial charge in [-0.15, -0.1) is 0 Å². The number of aromatic nitrogens is 2. The van der Waals surface area contributed by atoms with Crippen LogP contribution in [-0.4, -0.2) is 47.1 Å². The number of piperazine rings is 1. The van der Waals surface area contributed by atoms with E-state index in [4.69, 9.17) is 5.26 Å². The van der Waals surface area contributed by atoms with Crippen molar-refractivity contribution in [2.45, 2.75) is 19.9 Å². The molecule has 0 unspecified atom stereocenters. The summed E-state index contributed by atoms with van der Waals surface area (Å²) in [6.45, 7) is 8.49. The van der Waals surface area contributed by atoms with E-state index < -0.39 is 0 Å². The van der Waals surface area contributed by atoms with Gasteiger partial charge in [0.2, 0.25) is 0 Å². The van der Waals surface area contributed by atoms with Crippen LogP contribution in [-0.2, 0) is 0 Å². The molecule has 1 aliphatic heterocycles. The third-order valence-electron chi connectivity index (χ3n) is 3.12. The van der Waals surface area contributed by atoms with Gasteiger partial charge in [-0.2, -0.15) is 5.26 Å². The molecule has 1 aromatic heterocycles. The maximum absolute atomic E-state index is 8.66. The van der Waals surface area contributed by atoms with Crippen LogP contribution < -0.4 is 4.90 Å². The molecule has 0 atom stereocenters. The minimum absolute atomic E-state index is 0.370. The van der Waals surface area contributed by atoms with E-state index in [1.807, 2.05) is 6.07 Å². The Hall–Kier alpha value is -1.67. The van der Waals surface area contributed by atoms with Gasteiger partial charge in [-0.25, -0.2) is 9.97 Å². The predicted molar refractivity (Wildman–Crippen MR) is 65.7 cm³/mol. The van der Waals surface area contributed by atoms with Gasteiger partial charge in [0, 0.05) is 32.2 Å². The maximum Gasteiger partial charge on any atom is 0.158 e. The van der Waals surface area contributed by atoms with Gasteiger partial charge < -0.3 is 4.90 Å². The third kappa shape index (κ3) is 2.71. The van der Waals surface area contributed by atoms with Crippen molar-refractivity contribution in [1.29, 1.82) is 5.26 Å². The first kappa shape index (κ1) is 11.8. The van der Waals surface area contributed by atoms with Crippen molar-refractivity contribution >= 4 is 5.82 Å². The Labute approximate surface area is 102 Å². The fraction of sp³-hybridized carbons (Fsp3) is 0.583. The van der Waals surface area contributed by atoms with Crippen molar-refractivity contribution in [3.05, 3.63) is 18.1 Å². The molecule has 2 rings (SSSR count). The largest absolute Gasteiger partial charge is 0.353 e. The number of hydrogen-bond donors (Lipinski definition) is 0. The zero-order chi connectivity index (χ0) is 12.3. The molecule has 90 valence electrons. The lowest BCUT2D eigenvalue weighted by molar-refractivity contribution is 0.209. The highest BCUT2D eigenvalue weighted by molar-refractivity contribution is 5.37. The first-order valence-electron chi connectivity index (χ1n) is 5.92. The molecule has 0 radical (unpaired) electrons. The van der Waals surface area contributed by atoms with Gasteiger partial charge >= 0.3 is 0 Å². The van der Waals surface area contributed by atoms with Crippen LogP contribution in [0.15, 0.2) is 12.4 Å². The molecule has 0 aliphatic carbocycles. The van der Waals surface area contributed by atoms with E-state index in [9.17, 15) is 0 Å². The summed E-state index contributed by atoms with van der Waals surface area (Å²) < 4.78 is 0. The average molecular weight is 231 g/mol. The van der Waals surface area contributed by atoms with Gasteiger partial charge in [0.25, 0.3) is 0 Å². The molecule has 0 saturated carbocycles. The van der Waals surface area contributed by atoms with E-state index in [2.05, 4.69) is 33.6 Å². The minimum Gasteiger partial charge on any atom is -0.353 e. The lowest BCUT2D eigenvalue weighted by atomic mass is 10.2. The van der Waals surface area contributed by atoms with Gasteiger partial charge in [0.05, 0.1) is 12.4 Å². The van der Waals surface area contributed by atoms with Crippen molar-refractivity contribution in [2.75, 3.05) is 31.1 Å². The third-order valence-corrected chi connectivity index (χ3v) is 3.12. The molecule has 1 saturated heterocycles. The van der Waals surface area contributed by atoms with Crippen molar-refractivity contribution in [3.63, 3.8) is 0 Å². The molecule has 0 N–H and O–H groups in total. The minimum atomic E-state index is 0.370. The fourth-order valence-electron chi connectivity index (χ4n) is 2.01. The monoisotopic (exact) mass is 231 g/mol. The van der Waals surface area contributed by atoms with Crippen molar-refractivity contribution in [3.8, 4) is 6.07 Å². The molecule has 0 spiro atoms. The lowest BCUT2D eigenvalue weighted by Gasteiger charge is -2.37. The number of anilines is 1. The topological polar surface area (TPSA) is 56.0 Å². The van der Waals surface area contributed by atoms with Crippen LogP contribution in [0.4, 0.5) is 5.82 Å². The Morgan fingerprint density at radius 2 is 1.88 bits per heavy atom. The van der Waals surface area contributed by atoms with Gasteiger partial charge in [-0.3, -0.25) is 4.90 Å². The van der Waals surface area contributed by atoms with E-state index in [1.165, 1.54) is 6.20 Å². The van der Waals surface area contributed by atoms with Crippen molar-refractivity contribution in [2.24, 2.45) is 0 Å². The number of hydrogen-bond acceptors (Lipinski definition) is 5. The molecule has 17 heavy (non-hydrogen) atoms. The summed E-state index contributed by atoms with van der Waals surface area (Å²) >= 11 is 0. The Morgan fingerprint density at radius 3 is 2.35 bits per heavy atom. The Bertz CT molecular complexity index is 398. The Balaban J connectivity index is 1.98. The first-order valence-corrected chi connectivity index (χ1v) is 5.92. The molecule has 1 aromatic rings. The molecular formula is C12H17N5. The van der Waals surface area contributed by atoms with Gasteiger partial charge in [0.1, 0.15) is 11.9 Å². The zero-order valence-corrected chi connectivity index (χ0v) is 10.3. The van der Waals surface area contributed by atoms with Crippen LogP contribution in [0.5, 0.6) is 0 Å². The van der Waals surface area contributed by atoms with Gasteiger partial charge in [0.15, 0.2) is 5.69 Å². The molecule has 0 bridgehead atoms. The van der Waals surface area contributed by atoms with Crippen LogP contribution in [0.2, 0.25) is 0 Å². The first-order chi connectivity index (χ1) is 8.20. The summed E-state index contributed by atoms with van der Waals surface area (Å²) in [4.78, 5) is 13.0. The Morgan fingerprint density at radius 1 is 1.18 bits per heavy atom. The molecule has 0 aromatic carbocycles. The van der Waals surface area contributed by atoms with E-state index in [0.29, 0.717) is 11.7 Å². The van der Waals surface area contributed by atoms with Crippen molar-refractivity contribution < 1.29 is 0 Å². The summed E-state index contributed by atoms with van der Waals surface area (Å²) in [6.07, 6.45) is 3.22. The highest BCUT2D eigenvalue weighted by atomic mass is 15.3. The van der Waals surface area contributed by atoms with Crippen LogP contribution in [0.25, 0.3) is 0 Å². The van der Waals surface area contributed by atoms with Gasteiger partial charge in [-0.05, 0) is 13.8 Å².